The molecule has 1 atom stereocenters. The zero-order valence-corrected chi connectivity index (χ0v) is 15.5. The van der Waals surface area contributed by atoms with E-state index in [0.717, 1.165) is 12.1 Å². The lowest BCUT2D eigenvalue weighted by molar-refractivity contribution is -0.264. The molecule has 0 saturated heterocycles. The van der Waals surface area contributed by atoms with Crippen molar-refractivity contribution in [2.24, 2.45) is 0 Å². The number of carbonyl (C=O) groups excluding carboxylic acids is 2. The summed E-state index contributed by atoms with van der Waals surface area (Å²) in [6.45, 7) is -1.24. The van der Waals surface area contributed by atoms with Crippen molar-refractivity contribution in [2.75, 3.05) is 26.1 Å². The molecule has 1 unspecified atom stereocenters. The van der Waals surface area contributed by atoms with Crippen LogP contribution in [0.15, 0.2) is 48.5 Å². The highest BCUT2D eigenvalue weighted by Gasteiger charge is 2.55. The number of carbonyl (C=O) groups is 2. The van der Waals surface area contributed by atoms with Crippen molar-refractivity contribution in [3.8, 4) is 11.5 Å². The van der Waals surface area contributed by atoms with Gasteiger partial charge in [0.25, 0.3) is 0 Å². The first-order valence-corrected chi connectivity index (χ1v) is 8.28. The molecule has 0 aromatic heterocycles. The minimum Gasteiger partial charge on any atom is -0.493 e. The number of hydrogen-bond donors (Lipinski definition) is 3. The van der Waals surface area contributed by atoms with Gasteiger partial charge in [-0.2, -0.15) is 13.2 Å². The molecule has 29 heavy (non-hydrogen) atoms. The minimum atomic E-state index is -5.08. The van der Waals surface area contributed by atoms with Crippen molar-refractivity contribution in [3.05, 3.63) is 54.1 Å². The number of anilines is 1. The van der Waals surface area contributed by atoms with Gasteiger partial charge in [-0.15, -0.1) is 0 Å². The number of nitrogens with one attached hydrogen (secondary N) is 2. The molecule has 2 aromatic rings. The van der Waals surface area contributed by atoms with Gasteiger partial charge in [-0.3, -0.25) is 9.59 Å². The van der Waals surface area contributed by atoms with E-state index in [-0.39, 0.29) is 11.4 Å². The van der Waals surface area contributed by atoms with Gasteiger partial charge in [0, 0.05) is 11.8 Å². The van der Waals surface area contributed by atoms with Crippen LogP contribution in [-0.4, -0.2) is 43.9 Å². The molecule has 156 valence electrons. The Hall–Kier alpha value is -3.27. The maximum Gasteiger partial charge on any atom is 0.423 e. The van der Waals surface area contributed by atoms with Crippen LogP contribution in [0.2, 0.25) is 0 Å². The maximum absolute atomic E-state index is 13.4. The van der Waals surface area contributed by atoms with Crippen molar-refractivity contribution in [1.82, 2.24) is 5.32 Å². The molecule has 0 aliphatic rings. The quantitative estimate of drug-likeness (QED) is 0.633. The monoisotopic (exact) mass is 412 g/mol. The van der Waals surface area contributed by atoms with Gasteiger partial charge in [-0.05, 0) is 17.7 Å². The van der Waals surface area contributed by atoms with E-state index in [9.17, 15) is 27.9 Å². The average Bonchev–Trinajstić information content (AvgIpc) is 2.71. The smallest absolute Gasteiger partial charge is 0.423 e. The zero-order valence-electron chi connectivity index (χ0n) is 15.5. The van der Waals surface area contributed by atoms with E-state index in [1.54, 1.807) is 0 Å². The second kappa shape index (κ2) is 8.82. The van der Waals surface area contributed by atoms with E-state index in [1.807, 2.05) is 5.32 Å². The van der Waals surface area contributed by atoms with Crippen LogP contribution in [0, 0.1) is 0 Å². The minimum absolute atomic E-state index is 0.164. The molecule has 0 spiro atoms. The Morgan fingerprint density at radius 2 is 1.59 bits per heavy atom. The van der Waals surface area contributed by atoms with Crippen LogP contribution in [0.5, 0.6) is 11.5 Å². The van der Waals surface area contributed by atoms with Crippen molar-refractivity contribution in [2.45, 2.75) is 11.8 Å². The van der Waals surface area contributed by atoms with Crippen LogP contribution >= 0.6 is 0 Å². The summed E-state index contributed by atoms with van der Waals surface area (Å²) in [6.07, 6.45) is -5.08. The van der Waals surface area contributed by atoms with E-state index < -0.39 is 35.7 Å². The number of halogens is 3. The molecule has 3 N–H and O–H groups in total. The molecule has 0 fully saturated rings. The average molecular weight is 412 g/mol. The molecule has 0 saturated carbocycles. The molecule has 7 nitrogen and oxygen atoms in total. The summed E-state index contributed by atoms with van der Waals surface area (Å²) < 4.78 is 50.4. The third-order valence-electron chi connectivity index (χ3n) is 4.07. The number of aliphatic hydroxyl groups is 1. The van der Waals surface area contributed by atoms with E-state index in [1.165, 1.54) is 50.6 Å². The molecule has 0 bridgehead atoms. The zero-order chi connectivity index (χ0) is 21.7. The molecule has 2 aromatic carbocycles. The summed E-state index contributed by atoms with van der Waals surface area (Å²) in [7, 11) is 2.79. The molecule has 0 aliphatic heterocycles. The highest BCUT2D eigenvalue weighted by atomic mass is 19.4. The van der Waals surface area contributed by atoms with Crippen molar-refractivity contribution in [1.29, 1.82) is 0 Å². The predicted octanol–water partition coefficient (Wildman–Crippen LogP) is 2.21. The van der Waals surface area contributed by atoms with E-state index in [0.29, 0.717) is 5.75 Å². The van der Waals surface area contributed by atoms with Gasteiger partial charge in [0.15, 0.2) is 11.5 Å². The fraction of sp³-hybridized carbons (Fsp3) is 0.263. The Bertz CT molecular complexity index is 874. The fourth-order valence-electron chi connectivity index (χ4n) is 2.47. The summed E-state index contributed by atoms with van der Waals surface area (Å²) in [4.78, 5) is 24.0. The molecule has 10 heteroatoms. The van der Waals surface area contributed by atoms with Crippen molar-refractivity contribution < 1.29 is 37.3 Å². The fourth-order valence-corrected chi connectivity index (χ4v) is 2.47. The van der Waals surface area contributed by atoms with E-state index in [2.05, 4.69) is 5.32 Å². The number of ether oxygens (including phenoxy) is 2. The van der Waals surface area contributed by atoms with Crippen LogP contribution in [-0.2, 0) is 15.2 Å². The standard InChI is InChI=1S/C19H19F3N2O5/c1-28-14-9-8-13(10-15(14)29-2)24-17(26)16(25)23-11-18(27,19(20,21)22)12-6-4-3-5-7-12/h3-10,27H,11H2,1-2H3,(H,23,25)(H,24,26). The van der Waals surface area contributed by atoms with Gasteiger partial charge in [-0.25, -0.2) is 0 Å². The molecular weight excluding hydrogens is 393 g/mol. The summed E-state index contributed by atoms with van der Waals surface area (Å²) in [6, 6.07) is 10.5. The van der Waals surface area contributed by atoms with Gasteiger partial charge in [0.1, 0.15) is 0 Å². The summed E-state index contributed by atoms with van der Waals surface area (Å²) in [5, 5.41) is 14.2. The van der Waals surface area contributed by atoms with Gasteiger partial charge in [0.05, 0.1) is 20.8 Å². The predicted molar refractivity (Wildman–Crippen MR) is 97.6 cm³/mol. The van der Waals surface area contributed by atoms with Crippen molar-refractivity contribution >= 4 is 17.5 Å². The number of amides is 2. The number of rotatable bonds is 6. The lowest BCUT2D eigenvalue weighted by Gasteiger charge is -2.31. The highest BCUT2D eigenvalue weighted by molar-refractivity contribution is 6.39. The second-order valence-electron chi connectivity index (χ2n) is 5.93. The third kappa shape index (κ3) is 4.96. The molecule has 0 aliphatic carbocycles. The van der Waals surface area contributed by atoms with Gasteiger partial charge in [0.2, 0.25) is 5.60 Å². The molecular formula is C19H19F3N2O5. The Morgan fingerprint density at radius 3 is 2.14 bits per heavy atom. The Balaban J connectivity index is 2.10. The van der Waals surface area contributed by atoms with Crippen LogP contribution in [0.3, 0.4) is 0 Å². The van der Waals surface area contributed by atoms with E-state index in [4.69, 9.17) is 9.47 Å². The van der Waals surface area contributed by atoms with Crippen molar-refractivity contribution in [3.63, 3.8) is 0 Å². The Kier molecular flexibility index (Phi) is 6.70. The summed E-state index contributed by atoms with van der Waals surface area (Å²) in [5.74, 6) is -1.90. The maximum atomic E-state index is 13.4. The van der Waals surface area contributed by atoms with E-state index >= 15 is 0 Å². The highest BCUT2D eigenvalue weighted by Crippen LogP contribution is 2.38. The van der Waals surface area contributed by atoms with Crippen LogP contribution in [0.4, 0.5) is 18.9 Å². The lowest BCUT2D eigenvalue weighted by Crippen LogP contribution is -2.52. The molecule has 0 heterocycles. The van der Waals surface area contributed by atoms with Gasteiger partial charge < -0.3 is 25.2 Å². The van der Waals surface area contributed by atoms with Gasteiger partial charge >= 0.3 is 18.0 Å². The number of hydrogen-bond acceptors (Lipinski definition) is 5. The SMILES string of the molecule is COc1ccc(NC(=O)C(=O)NCC(O)(c2ccccc2)C(F)(F)F)cc1OC. The van der Waals surface area contributed by atoms with Crippen LogP contribution in [0.25, 0.3) is 0 Å². The molecule has 0 radical (unpaired) electrons. The van der Waals surface area contributed by atoms with Gasteiger partial charge in [-0.1, -0.05) is 30.3 Å². The Labute approximate surface area is 164 Å². The lowest BCUT2D eigenvalue weighted by atomic mass is 9.93. The normalized spacial score (nSPS) is 13.2. The Morgan fingerprint density at radius 1 is 0.966 bits per heavy atom. The summed E-state index contributed by atoms with van der Waals surface area (Å²) in [5.41, 5.74) is -3.65. The summed E-state index contributed by atoms with van der Waals surface area (Å²) >= 11 is 0. The first-order valence-electron chi connectivity index (χ1n) is 8.28. The van der Waals surface area contributed by atoms with Crippen LogP contribution < -0.4 is 20.1 Å². The first kappa shape index (κ1) is 22.0. The largest absolute Gasteiger partial charge is 0.493 e. The number of benzene rings is 2. The molecule has 2 amide bonds. The molecule has 2 rings (SSSR count). The first-order chi connectivity index (χ1) is 13.6. The topological polar surface area (TPSA) is 96.9 Å². The number of methoxy groups -OCH3 is 2. The van der Waals surface area contributed by atoms with Crippen LogP contribution in [0.1, 0.15) is 5.56 Å². The second-order valence-corrected chi connectivity index (χ2v) is 5.93. The third-order valence-corrected chi connectivity index (χ3v) is 4.07. The number of alkyl halides is 3.